The number of amides is 1. The van der Waals surface area contributed by atoms with Crippen LogP contribution in [0, 0.1) is 11.7 Å². The second-order valence-corrected chi connectivity index (χ2v) is 7.88. The molecule has 0 spiro atoms. The van der Waals surface area contributed by atoms with E-state index in [1.807, 2.05) is 4.72 Å². The average molecular weight is 379 g/mol. The molecule has 25 heavy (non-hydrogen) atoms. The summed E-state index contributed by atoms with van der Waals surface area (Å²) < 4.78 is 67.8. The van der Waals surface area contributed by atoms with Gasteiger partial charge in [-0.1, -0.05) is 12.1 Å². The molecule has 0 atom stereocenters. The number of sulfonamides is 1. The van der Waals surface area contributed by atoms with Crippen LogP contribution < -0.4 is 4.72 Å². The van der Waals surface area contributed by atoms with Crippen LogP contribution in [-0.4, -0.2) is 32.8 Å². The number of halogens is 3. The first-order chi connectivity index (χ1) is 11.7. The molecule has 1 fully saturated rings. The highest BCUT2D eigenvalue weighted by atomic mass is 32.2. The van der Waals surface area contributed by atoms with Gasteiger partial charge in [-0.3, -0.25) is 9.52 Å². The molecule has 0 heterocycles. The molecule has 0 unspecified atom stereocenters. The van der Waals surface area contributed by atoms with Gasteiger partial charge >= 0.3 is 6.61 Å². The highest BCUT2D eigenvalue weighted by molar-refractivity contribution is 7.90. The van der Waals surface area contributed by atoms with Crippen LogP contribution in [0.2, 0.25) is 0 Å². The van der Waals surface area contributed by atoms with Crippen LogP contribution in [0.5, 0.6) is 0 Å². The van der Waals surface area contributed by atoms with Crippen molar-refractivity contribution in [2.24, 2.45) is 5.92 Å². The summed E-state index contributed by atoms with van der Waals surface area (Å²) in [5, 5.41) is 0. The van der Waals surface area contributed by atoms with E-state index in [2.05, 4.69) is 4.74 Å². The van der Waals surface area contributed by atoms with Crippen LogP contribution in [0.25, 0.3) is 0 Å². The number of ether oxygens (including phenoxy) is 1. The predicted molar refractivity (Wildman–Crippen MR) is 84.9 cm³/mol. The summed E-state index contributed by atoms with van der Waals surface area (Å²) in [6.07, 6.45) is 0.631. The summed E-state index contributed by atoms with van der Waals surface area (Å²) in [7, 11) is -3.85. The fourth-order valence-electron chi connectivity index (χ4n) is 2.84. The summed E-state index contributed by atoms with van der Waals surface area (Å²) in [6, 6.07) is 5.58. The SMILES string of the molecule is O=C(NS(=O)(=O)CCc1cccc(F)c1)C1CCC(OC(F)F)CC1. The minimum atomic E-state index is -3.85. The number of hydrogen-bond donors (Lipinski definition) is 1. The normalized spacial score (nSPS) is 21.3. The zero-order chi connectivity index (χ0) is 18.4. The maximum Gasteiger partial charge on any atom is 0.345 e. The third-order valence-corrected chi connectivity index (χ3v) is 5.40. The number of carbonyl (C=O) groups excluding carboxylic acids is 1. The third kappa shape index (κ3) is 6.66. The highest BCUT2D eigenvalue weighted by Crippen LogP contribution is 2.27. The summed E-state index contributed by atoms with van der Waals surface area (Å²) in [4.78, 5) is 12.1. The van der Waals surface area contributed by atoms with Gasteiger partial charge < -0.3 is 4.74 Å². The van der Waals surface area contributed by atoms with Gasteiger partial charge in [-0.25, -0.2) is 12.8 Å². The standard InChI is InChI=1S/C16H20F3NO4S/c17-13-3-1-2-11(10-13)8-9-25(22,23)20-15(21)12-4-6-14(7-5-12)24-16(18)19/h1-3,10,12,14,16H,4-9H2,(H,20,21). The van der Waals surface area contributed by atoms with E-state index >= 15 is 0 Å². The number of hydrogen-bond acceptors (Lipinski definition) is 4. The van der Waals surface area contributed by atoms with Crippen molar-refractivity contribution in [3.63, 3.8) is 0 Å². The zero-order valence-electron chi connectivity index (χ0n) is 13.5. The Kier molecular flexibility index (Phi) is 6.83. The summed E-state index contributed by atoms with van der Waals surface area (Å²) >= 11 is 0. The van der Waals surface area contributed by atoms with Gasteiger partial charge in [0.05, 0.1) is 11.9 Å². The molecule has 0 saturated heterocycles. The quantitative estimate of drug-likeness (QED) is 0.791. The van der Waals surface area contributed by atoms with Crippen molar-refractivity contribution in [3.05, 3.63) is 35.6 Å². The molecule has 140 valence electrons. The van der Waals surface area contributed by atoms with E-state index in [4.69, 9.17) is 0 Å². The molecule has 1 aliphatic rings. The molecule has 1 aromatic rings. The van der Waals surface area contributed by atoms with Crippen LogP contribution in [0.1, 0.15) is 31.2 Å². The molecule has 0 aliphatic heterocycles. The van der Waals surface area contributed by atoms with E-state index in [9.17, 15) is 26.4 Å². The summed E-state index contributed by atoms with van der Waals surface area (Å²) in [5.41, 5.74) is 0.516. The van der Waals surface area contributed by atoms with Gasteiger partial charge in [-0.2, -0.15) is 8.78 Å². The van der Waals surface area contributed by atoms with E-state index in [1.54, 1.807) is 6.07 Å². The highest BCUT2D eigenvalue weighted by Gasteiger charge is 2.30. The van der Waals surface area contributed by atoms with E-state index in [0.717, 1.165) is 0 Å². The number of rotatable bonds is 7. The first-order valence-corrected chi connectivity index (χ1v) is 9.63. The molecule has 1 amide bonds. The molecule has 9 heteroatoms. The lowest BCUT2D eigenvalue weighted by atomic mass is 9.87. The second-order valence-electron chi connectivity index (χ2n) is 6.04. The van der Waals surface area contributed by atoms with Crippen molar-refractivity contribution < 1.29 is 31.1 Å². The number of nitrogens with one attached hydrogen (secondary N) is 1. The van der Waals surface area contributed by atoms with E-state index in [1.165, 1.54) is 18.2 Å². The topological polar surface area (TPSA) is 72.5 Å². The molecular weight excluding hydrogens is 359 g/mol. The Labute approximate surface area is 144 Å². The smallest absolute Gasteiger partial charge is 0.320 e. The number of aryl methyl sites for hydroxylation is 1. The van der Waals surface area contributed by atoms with Gasteiger partial charge in [-0.05, 0) is 49.8 Å². The van der Waals surface area contributed by atoms with Gasteiger partial charge in [-0.15, -0.1) is 0 Å². The van der Waals surface area contributed by atoms with Crippen molar-refractivity contribution >= 4 is 15.9 Å². The summed E-state index contributed by atoms with van der Waals surface area (Å²) in [6.45, 7) is -2.85. The van der Waals surface area contributed by atoms with Gasteiger partial charge in [0.1, 0.15) is 5.82 Å². The molecule has 0 aromatic heterocycles. The monoisotopic (exact) mass is 379 g/mol. The van der Waals surface area contributed by atoms with Crippen LogP contribution in [0.15, 0.2) is 24.3 Å². The van der Waals surface area contributed by atoms with Crippen LogP contribution in [0.4, 0.5) is 13.2 Å². The lowest BCUT2D eigenvalue weighted by Crippen LogP contribution is -2.39. The molecule has 1 aromatic carbocycles. The minimum Gasteiger partial charge on any atom is -0.320 e. The fraction of sp³-hybridized carbons (Fsp3) is 0.562. The van der Waals surface area contributed by atoms with Crippen LogP contribution in [-0.2, 0) is 26.0 Å². The average Bonchev–Trinajstić information content (AvgIpc) is 2.53. The Balaban J connectivity index is 1.81. The second kappa shape index (κ2) is 8.66. The van der Waals surface area contributed by atoms with Crippen molar-refractivity contribution in [2.75, 3.05) is 5.75 Å². The molecule has 0 radical (unpaired) electrons. The molecule has 1 N–H and O–H groups in total. The van der Waals surface area contributed by atoms with E-state index < -0.39 is 40.4 Å². The molecule has 5 nitrogen and oxygen atoms in total. The van der Waals surface area contributed by atoms with Crippen LogP contribution >= 0.6 is 0 Å². The Morgan fingerprint density at radius 3 is 2.52 bits per heavy atom. The van der Waals surface area contributed by atoms with Crippen molar-refractivity contribution in [1.82, 2.24) is 4.72 Å². The van der Waals surface area contributed by atoms with Gasteiger partial charge in [0.15, 0.2) is 0 Å². The van der Waals surface area contributed by atoms with Gasteiger partial charge in [0, 0.05) is 5.92 Å². The Bertz CT molecular complexity index is 688. The Hall–Kier alpha value is -1.61. The molecule has 1 aliphatic carbocycles. The van der Waals surface area contributed by atoms with Crippen molar-refractivity contribution in [3.8, 4) is 0 Å². The van der Waals surface area contributed by atoms with Crippen molar-refractivity contribution in [2.45, 2.75) is 44.8 Å². The molecule has 1 saturated carbocycles. The van der Waals surface area contributed by atoms with Crippen LogP contribution in [0.3, 0.4) is 0 Å². The first kappa shape index (κ1) is 19.7. The Morgan fingerprint density at radius 1 is 1.24 bits per heavy atom. The lowest BCUT2D eigenvalue weighted by molar-refractivity contribution is -0.172. The molecule has 2 rings (SSSR count). The first-order valence-electron chi connectivity index (χ1n) is 7.97. The predicted octanol–water partition coefficient (Wildman–Crippen LogP) is 2.61. The number of alkyl halides is 2. The van der Waals surface area contributed by atoms with Crippen molar-refractivity contribution in [1.29, 1.82) is 0 Å². The maximum atomic E-state index is 13.1. The Morgan fingerprint density at radius 2 is 1.92 bits per heavy atom. The zero-order valence-corrected chi connectivity index (χ0v) is 14.3. The number of benzene rings is 1. The van der Waals surface area contributed by atoms with Gasteiger partial charge in [0.25, 0.3) is 0 Å². The van der Waals surface area contributed by atoms with E-state index in [0.29, 0.717) is 18.4 Å². The fourth-order valence-corrected chi connectivity index (χ4v) is 3.92. The number of carbonyl (C=O) groups is 1. The largest absolute Gasteiger partial charge is 0.345 e. The maximum absolute atomic E-state index is 13.1. The summed E-state index contributed by atoms with van der Waals surface area (Å²) in [5.74, 6) is -1.97. The molecular formula is C16H20F3NO4S. The van der Waals surface area contributed by atoms with Gasteiger partial charge in [0.2, 0.25) is 15.9 Å². The minimum absolute atomic E-state index is 0.0787. The lowest BCUT2D eigenvalue weighted by Gasteiger charge is -2.27. The third-order valence-electron chi connectivity index (χ3n) is 4.14. The van der Waals surface area contributed by atoms with E-state index in [-0.39, 0.29) is 25.0 Å². The molecule has 0 bridgehead atoms.